The van der Waals surface area contributed by atoms with E-state index in [1.54, 1.807) is 11.8 Å². The zero-order valence-corrected chi connectivity index (χ0v) is 10.3. The molecule has 1 heterocycles. The average Bonchev–Trinajstić information content (AvgIpc) is 2.38. The number of hydrogen-bond acceptors (Lipinski definition) is 4. The molecule has 0 saturated carbocycles. The predicted molar refractivity (Wildman–Crippen MR) is 66.8 cm³/mol. The van der Waals surface area contributed by atoms with E-state index in [1.165, 1.54) is 0 Å². The lowest BCUT2D eigenvalue weighted by Crippen LogP contribution is -2.45. The first-order chi connectivity index (χ1) is 8.74. The molecule has 0 radical (unpaired) electrons. The van der Waals surface area contributed by atoms with Crippen molar-refractivity contribution in [3.63, 3.8) is 0 Å². The van der Waals surface area contributed by atoms with Crippen LogP contribution in [-0.4, -0.2) is 43.5 Å². The fraction of sp³-hybridized carbons (Fsp3) is 0.462. The van der Waals surface area contributed by atoms with Crippen LogP contribution >= 0.6 is 0 Å². The Morgan fingerprint density at radius 3 is 2.94 bits per heavy atom. The zero-order chi connectivity index (χ0) is 13.0. The quantitative estimate of drug-likeness (QED) is 0.787. The third-order valence-electron chi connectivity index (χ3n) is 2.77. The summed E-state index contributed by atoms with van der Waals surface area (Å²) in [4.78, 5) is 13.7. The van der Waals surface area contributed by atoms with E-state index >= 15 is 0 Å². The van der Waals surface area contributed by atoms with Gasteiger partial charge in [-0.15, -0.1) is 0 Å². The van der Waals surface area contributed by atoms with E-state index in [4.69, 9.17) is 14.6 Å². The molecule has 0 aromatic heterocycles. The molecule has 18 heavy (non-hydrogen) atoms. The number of benzene rings is 1. The Morgan fingerprint density at radius 2 is 2.17 bits per heavy atom. The zero-order valence-electron chi connectivity index (χ0n) is 10.3. The summed E-state index contributed by atoms with van der Waals surface area (Å²) in [5, 5.41) is 8.63. The fourth-order valence-electron chi connectivity index (χ4n) is 1.91. The number of hydrogen-bond donors (Lipinski definition) is 1. The Morgan fingerprint density at radius 1 is 1.39 bits per heavy atom. The van der Waals surface area contributed by atoms with Gasteiger partial charge in [0.15, 0.2) is 6.10 Å². The van der Waals surface area contributed by atoms with E-state index in [1.807, 2.05) is 24.3 Å². The minimum absolute atomic E-state index is 0.00987. The number of aliphatic hydroxyl groups is 1. The van der Waals surface area contributed by atoms with E-state index in [0.29, 0.717) is 18.9 Å². The summed E-state index contributed by atoms with van der Waals surface area (Å²) in [5.74, 6) is 0.646. The Bertz CT molecular complexity index is 421. The van der Waals surface area contributed by atoms with Crippen LogP contribution in [0, 0.1) is 0 Å². The molecule has 0 aliphatic carbocycles. The number of ether oxygens (including phenoxy) is 2. The number of fused-ring (bicyclic) bond motifs is 1. The topological polar surface area (TPSA) is 59.0 Å². The molecule has 1 unspecified atom stereocenters. The minimum atomic E-state index is -0.474. The number of rotatable bonds is 5. The Hall–Kier alpha value is -1.59. The number of aliphatic hydroxyl groups excluding tert-OH is 1. The molecule has 1 amide bonds. The lowest BCUT2D eigenvalue weighted by atomic mass is 10.2. The van der Waals surface area contributed by atoms with Gasteiger partial charge in [-0.05, 0) is 19.1 Å². The largest absolute Gasteiger partial charge is 0.479 e. The van der Waals surface area contributed by atoms with Crippen molar-refractivity contribution in [1.29, 1.82) is 0 Å². The molecule has 1 aromatic carbocycles. The first-order valence-electron chi connectivity index (χ1n) is 5.99. The summed E-state index contributed by atoms with van der Waals surface area (Å²) in [5.41, 5.74) is 0.771. The van der Waals surface area contributed by atoms with Crippen molar-refractivity contribution < 1.29 is 19.4 Å². The molecule has 5 nitrogen and oxygen atoms in total. The van der Waals surface area contributed by atoms with Crippen molar-refractivity contribution in [2.24, 2.45) is 0 Å². The molecule has 0 bridgehead atoms. The monoisotopic (exact) mass is 251 g/mol. The lowest BCUT2D eigenvalue weighted by Gasteiger charge is -2.32. The summed E-state index contributed by atoms with van der Waals surface area (Å²) in [6, 6.07) is 7.44. The van der Waals surface area contributed by atoms with Gasteiger partial charge >= 0.3 is 0 Å². The van der Waals surface area contributed by atoms with Gasteiger partial charge in [-0.3, -0.25) is 4.79 Å². The average molecular weight is 251 g/mol. The maximum Gasteiger partial charge on any atom is 0.267 e. The molecule has 0 fully saturated rings. The highest BCUT2D eigenvalue weighted by atomic mass is 16.5. The van der Waals surface area contributed by atoms with Crippen LogP contribution in [0.25, 0.3) is 0 Å². The summed E-state index contributed by atoms with van der Waals surface area (Å²) in [6.07, 6.45) is -0.474. The summed E-state index contributed by atoms with van der Waals surface area (Å²) in [7, 11) is 0. The van der Waals surface area contributed by atoms with Gasteiger partial charge in [0.05, 0.1) is 25.5 Å². The van der Waals surface area contributed by atoms with Gasteiger partial charge in [0.1, 0.15) is 5.75 Å². The summed E-state index contributed by atoms with van der Waals surface area (Å²) < 4.78 is 10.7. The number of nitrogens with zero attached hydrogens (tertiary/aromatic N) is 1. The number of amides is 1. The van der Waals surface area contributed by atoms with Crippen molar-refractivity contribution in [1.82, 2.24) is 0 Å². The molecule has 1 aromatic rings. The second-order valence-corrected chi connectivity index (χ2v) is 4.05. The number of anilines is 1. The van der Waals surface area contributed by atoms with Gasteiger partial charge in [-0.1, -0.05) is 12.1 Å². The molecule has 0 spiro atoms. The minimum Gasteiger partial charge on any atom is -0.479 e. The van der Waals surface area contributed by atoms with Gasteiger partial charge in [0.2, 0.25) is 0 Å². The normalized spacial score (nSPS) is 18.4. The maximum atomic E-state index is 12.0. The standard InChI is InChI=1S/C13H17NO4/c1-10-13(16)14(6-8-17-9-7-15)11-4-2-3-5-12(11)18-10/h2-5,10,15H,6-9H2,1H3. The molecule has 1 aliphatic rings. The molecule has 2 rings (SSSR count). The highest BCUT2D eigenvalue weighted by Crippen LogP contribution is 2.33. The predicted octanol–water partition coefficient (Wildman–Crippen LogP) is 0.809. The van der Waals surface area contributed by atoms with Gasteiger partial charge in [0, 0.05) is 6.54 Å². The Balaban J connectivity index is 2.09. The van der Waals surface area contributed by atoms with Crippen molar-refractivity contribution >= 4 is 11.6 Å². The van der Waals surface area contributed by atoms with Crippen LogP contribution in [0.2, 0.25) is 0 Å². The number of carbonyl (C=O) groups is 1. The molecule has 5 heteroatoms. The Kier molecular flexibility index (Phi) is 4.17. The SMILES string of the molecule is CC1Oc2ccccc2N(CCOCCO)C1=O. The van der Waals surface area contributed by atoms with Crippen LogP contribution in [0.15, 0.2) is 24.3 Å². The van der Waals surface area contributed by atoms with Gasteiger partial charge < -0.3 is 19.5 Å². The molecular weight excluding hydrogens is 234 g/mol. The van der Waals surface area contributed by atoms with Crippen molar-refractivity contribution in [3.8, 4) is 5.75 Å². The van der Waals surface area contributed by atoms with Gasteiger partial charge in [-0.25, -0.2) is 0 Å². The molecule has 1 atom stereocenters. The Labute approximate surface area is 106 Å². The lowest BCUT2D eigenvalue weighted by molar-refractivity contribution is -0.125. The number of carbonyl (C=O) groups excluding carboxylic acids is 1. The van der Waals surface area contributed by atoms with Crippen LogP contribution in [0.3, 0.4) is 0 Å². The second kappa shape index (κ2) is 5.84. The molecule has 1 N–H and O–H groups in total. The highest BCUT2D eigenvalue weighted by Gasteiger charge is 2.30. The maximum absolute atomic E-state index is 12.0. The first-order valence-corrected chi connectivity index (χ1v) is 5.99. The van der Waals surface area contributed by atoms with E-state index < -0.39 is 6.10 Å². The van der Waals surface area contributed by atoms with E-state index in [-0.39, 0.29) is 19.1 Å². The summed E-state index contributed by atoms with van der Waals surface area (Å²) >= 11 is 0. The van der Waals surface area contributed by atoms with Crippen LogP contribution in [-0.2, 0) is 9.53 Å². The highest BCUT2D eigenvalue weighted by molar-refractivity contribution is 5.99. The van der Waals surface area contributed by atoms with Crippen molar-refractivity contribution in [3.05, 3.63) is 24.3 Å². The van der Waals surface area contributed by atoms with Crippen LogP contribution in [0.4, 0.5) is 5.69 Å². The third-order valence-corrected chi connectivity index (χ3v) is 2.77. The van der Waals surface area contributed by atoms with Crippen LogP contribution < -0.4 is 9.64 Å². The summed E-state index contributed by atoms with van der Waals surface area (Å²) in [6.45, 7) is 2.87. The molecule has 98 valence electrons. The second-order valence-electron chi connectivity index (χ2n) is 4.05. The fourth-order valence-corrected chi connectivity index (χ4v) is 1.91. The first kappa shape index (κ1) is 12.9. The molecule has 1 aliphatic heterocycles. The van der Waals surface area contributed by atoms with Crippen LogP contribution in [0.1, 0.15) is 6.92 Å². The van der Waals surface area contributed by atoms with E-state index in [9.17, 15) is 4.79 Å². The van der Waals surface area contributed by atoms with Gasteiger partial charge in [-0.2, -0.15) is 0 Å². The smallest absolute Gasteiger partial charge is 0.267 e. The molecular formula is C13H17NO4. The number of para-hydroxylation sites is 2. The van der Waals surface area contributed by atoms with Crippen molar-refractivity contribution in [2.75, 3.05) is 31.3 Å². The van der Waals surface area contributed by atoms with Crippen molar-refractivity contribution in [2.45, 2.75) is 13.0 Å². The van der Waals surface area contributed by atoms with E-state index in [0.717, 1.165) is 5.69 Å². The third kappa shape index (κ3) is 2.63. The van der Waals surface area contributed by atoms with Crippen LogP contribution in [0.5, 0.6) is 5.75 Å². The molecule has 0 saturated heterocycles. The van der Waals surface area contributed by atoms with Gasteiger partial charge in [0.25, 0.3) is 5.91 Å². The van der Waals surface area contributed by atoms with E-state index in [2.05, 4.69) is 0 Å².